The van der Waals surface area contributed by atoms with Gasteiger partial charge < -0.3 is 24.8 Å². The van der Waals surface area contributed by atoms with Gasteiger partial charge in [0.15, 0.2) is 0 Å². The fourth-order valence-electron chi connectivity index (χ4n) is 2.84. The fraction of sp³-hybridized carbons (Fsp3) is 0.250. The first-order valence-corrected chi connectivity index (χ1v) is 9.83. The maximum absolute atomic E-state index is 12.3. The molecule has 3 aromatic rings. The van der Waals surface area contributed by atoms with Gasteiger partial charge in [-0.3, -0.25) is 0 Å². The first-order chi connectivity index (χ1) is 14.8. The molecule has 0 aliphatic heterocycles. The highest BCUT2D eigenvalue weighted by Gasteiger charge is 2.13. The van der Waals surface area contributed by atoms with E-state index < -0.39 is 6.03 Å². The van der Waals surface area contributed by atoms with Crippen LogP contribution in [-0.2, 0) is 5.41 Å². The van der Waals surface area contributed by atoms with Crippen molar-refractivity contribution in [2.75, 3.05) is 24.9 Å². The zero-order valence-electron chi connectivity index (χ0n) is 18.4. The summed E-state index contributed by atoms with van der Waals surface area (Å²) in [6, 6.07) is 16.1. The molecule has 0 unspecified atom stereocenters. The van der Waals surface area contributed by atoms with Crippen molar-refractivity contribution < 1.29 is 19.0 Å². The lowest BCUT2D eigenvalue weighted by Crippen LogP contribution is -2.19. The number of carbonyl (C=O) groups is 1. The third kappa shape index (κ3) is 5.88. The normalized spacial score (nSPS) is 10.9. The average molecular weight is 421 g/mol. The first-order valence-electron chi connectivity index (χ1n) is 9.83. The topological polar surface area (TPSA) is 81.7 Å². The second kappa shape index (κ2) is 9.38. The Morgan fingerprint density at radius 1 is 0.871 bits per heavy atom. The molecule has 0 aliphatic rings. The number of pyridine rings is 1. The molecule has 31 heavy (non-hydrogen) atoms. The van der Waals surface area contributed by atoms with E-state index in [0.717, 1.165) is 0 Å². The average Bonchev–Trinajstić information content (AvgIpc) is 2.75. The maximum Gasteiger partial charge on any atom is 0.323 e. The van der Waals surface area contributed by atoms with Crippen LogP contribution in [0.5, 0.6) is 23.1 Å². The molecule has 0 saturated heterocycles. The molecular formula is C24H27N3O4. The van der Waals surface area contributed by atoms with Crippen molar-refractivity contribution in [1.82, 2.24) is 4.98 Å². The first kappa shape index (κ1) is 22.0. The van der Waals surface area contributed by atoms with Gasteiger partial charge in [-0.15, -0.1) is 0 Å². The van der Waals surface area contributed by atoms with Crippen LogP contribution in [0.15, 0.2) is 60.8 Å². The maximum atomic E-state index is 12.3. The molecule has 0 saturated carbocycles. The van der Waals surface area contributed by atoms with Gasteiger partial charge in [0.05, 0.1) is 31.8 Å². The monoisotopic (exact) mass is 421 g/mol. The molecule has 162 valence electrons. The highest BCUT2D eigenvalue weighted by molar-refractivity contribution is 6.00. The Hall–Kier alpha value is -3.74. The Labute approximate surface area is 182 Å². The highest BCUT2D eigenvalue weighted by Crippen LogP contribution is 2.29. The molecular weight excluding hydrogens is 394 g/mol. The number of benzene rings is 2. The van der Waals surface area contributed by atoms with Crippen LogP contribution in [-0.4, -0.2) is 25.2 Å². The Morgan fingerprint density at radius 3 is 2.16 bits per heavy atom. The molecule has 3 rings (SSSR count). The predicted octanol–water partition coefficient (Wildman–Crippen LogP) is 5.83. The quantitative estimate of drug-likeness (QED) is 0.523. The summed E-state index contributed by atoms with van der Waals surface area (Å²) < 4.78 is 16.2. The van der Waals surface area contributed by atoms with Crippen molar-refractivity contribution in [1.29, 1.82) is 0 Å². The van der Waals surface area contributed by atoms with E-state index in [1.165, 1.54) is 18.9 Å². The number of rotatable bonds is 6. The number of amides is 2. The number of methoxy groups -OCH3 is 2. The standard InChI is InChI=1S/C24H27N3O4/c1-24(2,3)16-6-9-18(10-7-16)31-22-13-8-17(15-25-22)26-23(28)27-20-12-11-19(29-4)14-21(20)30-5/h6-15H,1-5H3,(H2,26,27,28). The lowest BCUT2D eigenvalue weighted by Gasteiger charge is -2.19. The van der Waals surface area contributed by atoms with Crippen LogP contribution in [0.3, 0.4) is 0 Å². The molecule has 0 atom stereocenters. The lowest BCUT2D eigenvalue weighted by atomic mass is 9.87. The van der Waals surface area contributed by atoms with Crippen LogP contribution < -0.4 is 24.8 Å². The third-order valence-electron chi connectivity index (χ3n) is 4.59. The Morgan fingerprint density at radius 2 is 1.58 bits per heavy atom. The lowest BCUT2D eigenvalue weighted by molar-refractivity contribution is 0.262. The summed E-state index contributed by atoms with van der Waals surface area (Å²) in [7, 11) is 3.09. The molecule has 1 heterocycles. The van der Waals surface area contributed by atoms with Crippen LogP contribution in [0.1, 0.15) is 26.3 Å². The molecule has 7 heteroatoms. The van der Waals surface area contributed by atoms with Crippen LogP contribution in [0, 0.1) is 0 Å². The van der Waals surface area contributed by atoms with Crippen LogP contribution in [0.2, 0.25) is 0 Å². The second-order valence-corrected chi connectivity index (χ2v) is 7.91. The zero-order chi connectivity index (χ0) is 22.4. The number of aromatic nitrogens is 1. The highest BCUT2D eigenvalue weighted by atomic mass is 16.5. The molecule has 2 N–H and O–H groups in total. The van der Waals surface area contributed by atoms with Gasteiger partial charge in [-0.1, -0.05) is 32.9 Å². The van der Waals surface area contributed by atoms with Gasteiger partial charge in [-0.25, -0.2) is 9.78 Å². The van der Waals surface area contributed by atoms with Gasteiger partial charge in [0.2, 0.25) is 5.88 Å². The molecule has 2 aromatic carbocycles. The van der Waals surface area contributed by atoms with Crippen LogP contribution in [0.4, 0.5) is 16.2 Å². The van der Waals surface area contributed by atoms with E-state index in [0.29, 0.717) is 34.5 Å². The largest absolute Gasteiger partial charge is 0.497 e. The minimum absolute atomic E-state index is 0.0838. The van der Waals surface area contributed by atoms with Crippen molar-refractivity contribution in [3.63, 3.8) is 0 Å². The summed E-state index contributed by atoms with van der Waals surface area (Å²) in [5, 5.41) is 5.47. The number of carbonyl (C=O) groups excluding carboxylic acids is 1. The summed E-state index contributed by atoms with van der Waals surface area (Å²) in [5.41, 5.74) is 2.36. The summed E-state index contributed by atoms with van der Waals surface area (Å²) >= 11 is 0. The van der Waals surface area contributed by atoms with Gasteiger partial charge in [0, 0.05) is 12.1 Å². The third-order valence-corrected chi connectivity index (χ3v) is 4.59. The fourth-order valence-corrected chi connectivity index (χ4v) is 2.84. The number of hydrogen-bond donors (Lipinski definition) is 2. The van der Waals surface area contributed by atoms with E-state index in [-0.39, 0.29) is 5.41 Å². The minimum atomic E-state index is -0.420. The Balaban J connectivity index is 1.60. The van der Waals surface area contributed by atoms with E-state index in [9.17, 15) is 4.79 Å². The molecule has 1 aromatic heterocycles. The zero-order valence-corrected chi connectivity index (χ0v) is 18.4. The molecule has 0 radical (unpaired) electrons. The smallest absolute Gasteiger partial charge is 0.323 e. The van der Waals surface area contributed by atoms with Gasteiger partial charge in [0.1, 0.15) is 17.2 Å². The van der Waals surface area contributed by atoms with Crippen molar-refractivity contribution >= 4 is 17.4 Å². The second-order valence-electron chi connectivity index (χ2n) is 7.91. The number of urea groups is 1. The van der Waals surface area contributed by atoms with Gasteiger partial charge in [-0.2, -0.15) is 0 Å². The summed E-state index contributed by atoms with van der Waals surface area (Å²) in [4.78, 5) is 16.6. The molecule has 0 aliphatic carbocycles. The molecule has 7 nitrogen and oxygen atoms in total. The van der Waals surface area contributed by atoms with Crippen molar-refractivity contribution in [2.45, 2.75) is 26.2 Å². The SMILES string of the molecule is COc1ccc(NC(=O)Nc2ccc(Oc3ccc(C(C)(C)C)cc3)nc2)c(OC)c1. The predicted molar refractivity (Wildman–Crippen MR) is 122 cm³/mol. The number of nitrogens with one attached hydrogen (secondary N) is 2. The van der Waals surface area contributed by atoms with Crippen LogP contribution in [0.25, 0.3) is 0 Å². The molecule has 0 spiro atoms. The van der Waals surface area contributed by atoms with Crippen molar-refractivity contribution in [3.8, 4) is 23.1 Å². The van der Waals surface area contributed by atoms with Crippen LogP contribution >= 0.6 is 0 Å². The van der Waals surface area contributed by atoms with Crippen molar-refractivity contribution in [3.05, 3.63) is 66.4 Å². The summed E-state index contributed by atoms with van der Waals surface area (Å²) in [5.74, 6) is 2.27. The van der Waals surface area contributed by atoms with E-state index in [2.05, 4.69) is 36.4 Å². The van der Waals surface area contributed by atoms with E-state index in [1.807, 2.05) is 24.3 Å². The Kier molecular flexibility index (Phi) is 6.65. The number of hydrogen-bond acceptors (Lipinski definition) is 5. The van der Waals surface area contributed by atoms with E-state index in [4.69, 9.17) is 14.2 Å². The summed E-state index contributed by atoms with van der Waals surface area (Å²) in [6.07, 6.45) is 1.53. The van der Waals surface area contributed by atoms with Crippen molar-refractivity contribution in [2.24, 2.45) is 0 Å². The molecule has 0 fully saturated rings. The van der Waals surface area contributed by atoms with Gasteiger partial charge in [-0.05, 0) is 41.3 Å². The van der Waals surface area contributed by atoms with Gasteiger partial charge >= 0.3 is 6.03 Å². The van der Waals surface area contributed by atoms with E-state index in [1.54, 1.807) is 37.4 Å². The summed E-state index contributed by atoms with van der Waals surface area (Å²) in [6.45, 7) is 6.49. The minimum Gasteiger partial charge on any atom is -0.497 e. The molecule has 0 bridgehead atoms. The van der Waals surface area contributed by atoms with E-state index >= 15 is 0 Å². The Bertz CT molecular complexity index is 1030. The number of nitrogens with zero attached hydrogens (tertiary/aromatic N) is 1. The number of ether oxygens (including phenoxy) is 3. The molecule has 2 amide bonds. The van der Waals surface area contributed by atoms with Gasteiger partial charge in [0.25, 0.3) is 0 Å². The number of anilines is 2.